The zero-order valence-electron chi connectivity index (χ0n) is 14.3. The molecule has 1 aromatic heterocycles. The Kier molecular flexibility index (Phi) is 6.59. The predicted octanol–water partition coefficient (Wildman–Crippen LogP) is 4.12. The number of carbonyl (C=O) groups excluding carboxylic acids is 2. The molecule has 10 heteroatoms. The number of rotatable bonds is 6. The van der Waals surface area contributed by atoms with Crippen molar-refractivity contribution in [3.8, 4) is 0 Å². The van der Waals surface area contributed by atoms with Crippen LogP contribution in [0.1, 0.15) is 23.4 Å². The molecule has 1 saturated heterocycles. The van der Waals surface area contributed by atoms with Crippen molar-refractivity contribution in [2.75, 3.05) is 11.9 Å². The van der Waals surface area contributed by atoms with E-state index in [2.05, 4.69) is 15.5 Å². The van der Waals surface area contributed by atoms with Gasteiger partial charge in [0.25, 0.3) is 5.91 Å². The molecule has 2 heterocycles. The van der Waals surface area contributed by atoms with Gasteiger partial charge in [-0.05, 0) is 31.1 Å². The SMILES string of the molecule is Cc1nnc(NC(=O)CCCN2C(=O)/C(=C/c3ccccc3Cl)SC2=S)s1. The number of hydrogen-bond donors (Lipinski definition) is 1. The van der Waals surface area contributed by atoms with Gasteiger partial charge in [0.15, 0.2) is 0 Å². The number of anilines is 1. The first-order valence-corrected chi connectivity index (χ1v) is 10.5. The highest BCUT2D eigenvalue weighted by molar-refractivity contribution is 8.26. The maximum atomic E-state index is 12.6. The molecule has 0 radical (unpaired) electrons. The summed E-state index contributed by atoms with van der Waals surface area (Å²) in [6.07, 6.45) is 2.50. The van der Waals surface area contributed by atoms with E-state index in [-0.39, 0.29) is 18.2 Å². The highest BCUT2D eigenvalue weighted by Gasteiger charge is 2.31. The molecule has 0 aliphatic carbocycles. The first-order valence-electron chi connectivity index (χ1n) is 8.04. The van der Waals surface area contributed by atoms with Gasteiger partial charge in [-0.25, -0.2) is 0 Å². The van der Waals surface area contributed by atoms with E-state index in [1.54, 1.807) is 12.1 Å². The number of amides is 2. The number of thiocarbonyl (C=S) groups is 1. The Morgan fingerprint density at radius 2 is 2.15 bits per heavy atom. The van der Waals surface area contributed by atoms with E-state index in [9.17, 15) is 9.59 Å². The largest absolute Gasteiger partial charge is 0.301 e. The normalized spacial score (nSPS) is 15.6. The summed E-state index contributed by atoms with van der Waals surface area (Å²) < 4.78 is 0.485. The fourth-order valence-corrected chi connectivity index (χ4v) is 4.45. The third-order valence-corrected chi connectivity index (χ3v) is 6.10. The lowest BCUT2D eigenvalue weighted by molar-refractivity contribution is -0.122. The van der Waals surface area contributed by atoms with E-state index in [0.717, 1.165) is 10.6 Å². The molecule has 0 atom stereocenters. The third-order valence-electron chi connectivity index (χ3n) is 3.62. The van der Waals surface area contributed by atoms with Gasteiger partial charge in [-0.15, -0.1) is 10.2 Å². The van der Waals surface area contributed by atoms with Crippen LogP contribution in [0.15, 0.2) is 29.2 Å². The molecule has 2 aromatic rings. The number of benzene rings is 1. The first-order chi connectivity index (χ1) is 12.9. The molecule has 0 saturated carbocycles. The van der Waals surface area contributed by atoms with Gasteiger partial charge in [0.05, 0.1) is 4.91 Å². The Hall–Kier alpha value is -1.81. The van der Waals surface area contributed by atoms with Gasteiger partial charge in [-0.2, -0.15) is 0 Å². The molecule has 6 nitrogen and oxygen atoms in total. The Bertz CT molecular complexity index is 928. The van der Waals surface area contributed by atoms with Crippen LogP contribution < -0.4 is 5.32 Å². The minimum absolute atomic E-state index is 0.162. The van der Waals surface area contributed by atoms with Crippen LogP contribution in [-0.2, 0) is 9.59 Å². The molecule has 1 N–H and O–H groups in total. The zero-order valence-corrected chi connectivity index (χ0v) is 17.5. The second-order valence-corrected chi connectivity index (χ2v) is 8.90. The summed E-state index contributed by atoms with van der Waals surface area (Å²) in [4.78, 5) is 26.6. The Labute approximate surface area is 175 Å². The first kappa shape index (κ1) is 19.9. The lowest BCUT2D eigenvalue weighted by Gasteiger charge is -2.13. The van der Waals surface area contributed by atoms with Crippen LogP contribution in [0.2, 0.25) is 5.02 Å². The average Bonchev–Trinajstić information content (AvgIpc) is 3.14. The van der Waals surface area contributed by atoms with Crippen molar-refractivity contribution in [1.29, 1.82) is 0 Å². The lowest BCUT2D eigenvalue weighted by Crippen LogP contribution is -2.29. The molecular formula is C17H15ClN4O2S3. The fourth-order valence-electron chi connectivity index (χ4n) is 2.35. The second-order valence-electron chi connectivity index (χ2n) is 5.63. The van der Waals surface area contributed by atoms with Gasteiger partial charge >= 0.3 is 0 Å². The van der Waals surface area contributed by atoms with Crippen molar-refractivity contribution in [1.82, 2.24) is 15.1 Å². The van der Waals surface area contributed by atoms with Crippen molar-refractivity contribution in [2.24, 2.45) is 0 Å². The molecule has 1 aliphatic heterocycles. The Balaban J connectivity index is 1.55. The van der Waals surface area contributed by atoms with E-state index in [1.165, 1.54) is 28.0 Å². The molecular weight excluding hydrogens is 424 g/mol. The molecule has 140 valence electrons. The molecule has 0 unspecified atom stereocenters. The predicted molar refractivity (Wildman–Crippen MR) is 114 cm³/mol. The number of hydrogen-bond acceptors (Lipinski definition) is 7. The van der Waals surface area contributed by atoms with Gasteiger partial charge in [0.1, 0.15) is 9.33 Å². The average molecular weight is 439 g/mol. The molecule has 1 aromatic carbocycles. The zero-order chi connectivity index (χ0) is 19.4. The lowest BCUT2D eigenvalue weighted by atomic mass is 10.2. The number of aryl methyl sites for hydroxylation is 1. The van der Waals surface area contributed by atoms with Crippen molar-refractivity contribution < 1.29 is 9.59 Å². The van der Waals surface area contributed by atoms with Crippen molar-refractivity contribution in [3.63, 3.8) is 0 Å². The molecule has 27 heavy (non-hydrogen) atoms. The highest BCUT2D eigenvalue weighted by atomic mass is 35.5. The van der Waals surface area contributed by atoms with Crippen LogP contribution in [0.3, 0.4) is 0 Å². The van der Waals surface area contributed by atoms with Crippen LogP contribution in [-0.4, -0.2) is 37.8 Å². The molecule has 1 fully saturated rings. The molecule has 0 bridgehead atoms. The molecule has 0 spiro atoms. The standard InChI is InChI=1S/C17H15ClN4O2S3/c1-10-20-21-16(26-10)19-14(23)7-4-8-22-15(24)13(27-17(22)25)9-11-5-2-3-6-12(11)18/h2-3,5-6,9H,4,7-8H2,1H3,(H,19,21,23)/b13-9-. The number of aromatic nitrogens is 2. The second kappa shape index (κ2) is 8.92. The highest BCUT2D eigenvalue weighted by Crippen LogP contribution is 2.33. The quantitative estimate of drug-likeness (QED) is 0.540. The van der Waals surface area contributed by atoms with Gasteiger partial charge < -0.3 is 5.32 Å². The number of thioether (sulfide) groups is 1. The van der Waals surface area contributed by atoms with Gasteiger partial charge in [0.2, 0.25) is 11.0 Å². The van der Waals surface area contributed by atoms with Crippen LogP contribution in [0, 0.1) is 6.92 Å². The van der Waals surface area contributed by atoms with E-state index in [1.807, 2.05) is 25.1 Å². The van der Waals surface area contributed by atoms with Gasteiger partial charge in [0, 0.05) is 18.0 Å². The molecule has 3 rings (SSSR count). The van der Waals surface area contributed by atoms with Crippen LogP contribution >= 0.6 is 46.9 Å². The number of nitrogens with zero attached hydrogens (tertiary/aromatic N) is 3. The Morgan fingerprint density at radius 3 is 2.85 bits per heavy atom. The minimum Gasteiger partial charge on any atom is -0.301 e. The van der Waals surface area contributed by atoms with E-state index < -0.39 is 0 Å². The summed E-state index contributed by atoms with van der Waals surface area (Å²) in [5, 5.41) is 12.2. The van der Waals surface area contributed by atoms with Crippen molar-refractivity contribution >= 4 is 74.3 Å². The topological polar surface area (TPSA) is 75.2 Å². The smallest absolute Gasteiger partial charge is 0.266 e. The van der Waals surface area contributed by atoms with Crippen molar-refractivity contribution in [3.05, 3.63) is 44.8 Å². The maximum absolute atomic E-state index is 12.6. The monoisotopic (exact) mass is 438 g/mol. The Morgan fingerprint density at radius 1 is 1.37 bits per heavy atom. The number of carbonyl (C=O) groups is 2. The fraction of sp³-hybridized carbons (Fsp3) is 0.235. The minimum atomic E-state index is -0.164. The summed E-state index contributed by atoms with van der Waals surface area (Å²) in [7, 11) is 0. The maximum Gasteiger partial charge on any atom is 0.266 e. The summed E-state index contributed by atoms with van der Waals surface area (Å²) in [5.74, 6) is -0.326. The summed E-state index contributed by atoms with van der Waals surface area (Å²) in [6, 6.07) is 7.30. The number of halogens is 1. The van der Waals surface area contributed by atoms with Crippen LogP contribution in [0.5, 0.6) is 0 Å². The summed E-state index contributed by atoms with van der Waals surface area (Å²) in [6.45, 7) is 2.20. The number of nitrogens with one attached hydrogen (secondary N) is 1. The summed E-state index contributed by atoms with van der Waals surface area (Å²) >= 11 is 14.0. The van der Waals surface area contributed by atoms with Crippen LogP contribution in [0.4, 0.5) is 5.13 Å². The van der Waals surface area contributed by atoms with E-state index >= 15 is 0 Å². The molecule has 1 aliphatic rings. The van der Waals surface area contributed by atoms with Crippen LogP contribution in [0.25, 0.3) is 6.08 Å². The van der Waals surface area contributed by atoms with E-state index in [4.69, 9.17) is 23.8 Å². The molecule has 2 amide bonds. The van der Waals surface area contributed by atoms with E-state index in [0.29, 0.717) is 32.3 Å². The van der Waals surface area contributed by atoms with Crippen molar-refractivity contribution in [2.45, 2.75) is 19.8 Å². The third kappa shape index (κ3) is 5.13. The van der Waals surface area contributed by atoms with Gasteiger partial charge in [-0.3, -0.25) is 14.5 Å². The van der Waals surface area contributed by atoms with Gasteiger partial charge in [-0.1, -0.05) is 65.1 Å². The summed E-state index contributed by atoms with van der Waals surface area (Å²) in [5.41, 5.74) is 0.770.